The zero-order valence-electron chi connectivity index (χ0n) is 30.4. The van der Waals surface area contributed by atoms with Crippen molar-refractivity contribution < 1.29 is 39.0 Å². The summed E-state index contributed by atoms with van der Waals surface area (Å²) < 4.78 is 0. The van der Waals surface area contributed by atoms with Gasteiger partial charge in [0.25, 0.3) is 11.8 Å². The number of nitrogens with zero attached hydrogens (tertiary/aromatic N) is 2. The fourth-order valence-electron chi connectivity index (χ4n) is 5.70. The Morgan fingerprint density at radius 1 is 0.655 bits per heavy atom. The van der Waals surface area contributed by atoms with Gasteiger partial charge < -0.3 is 42.1 Å². The quantitative estimate of drug-likeness (QED) is 0.164. The van der Waals surface area contributed by atoms with E-state index in [2.05, 4.69) is 41.9 Å². The number of hydrogen-bond acceptors (Lipinski definition) is 14. The van der Waals surface area contributed by atoms with Crippen molar-refractivity contribution in [3.05, 3.63) is 68.1 Å². The summed E-state index contributed by atoms with van der Waals surface area (Å²) in [7, 11) is 2.20. The Bertz CT molecular complexity index is 1860. The van der Waals surface area contributed by atoms with Gasteiger partial charge in [-0.1, -0.05) is 72.2 Å². The van der Waals surface area contributed by atoms with Crippen molar-refractivity contribution in [2.75, 3.05) is 11.5 Å². The molecule has 3 aromatic rings. The van der Waals surface area contributed by atoms with E-state index in [1.54, 1.807) is 0 Å². The fraction of sp³-hybridized carbons (Fsp3) is 0.486. The van der Waals surface area contributed by atoms with Gasteiger partial charge >= 0.3 is 0 Å². The van der Waals surface area contributed by atoms with Gasteiger partial charge in [-0.05, 0) is 31.7 Å². The van der Waals surface area contributed by atoms with E-state index in [4.69, 9.17) is 0 Å². The third-order valence-corrected chi connectivity index (χ3v) is 13.4. The van der Waals surface area contributed by atoms with E-state index < -0.39 is 83.9 Å². The number of rotatable bonds is 6. The van der Waals surface area contributed by atoms with Gasteiger partial charge in [0.05, 0.1) is 24.3 Å². The highest BCUT2D eigenvalue weighted by Gasteiger charge is 2.36. The molecule has 2 aromatic heterocycles. The van der Waals surface area contributed by atoms with Crippen LogP contribution >= 0.6 is 44.3 Å². The Morgan fingerprint density at radius 3 is 1.64 bits per heavy atom. The monoisotopic (exact) mass is 832 g/mol. The number of fused-ring (bicyclic) bond motifs is 9. The first-order chi connectivity index (χ1) is 26.2. The molecule has 0 saturated heterocycles. The Morgan fingerprint density at radius 2 is 1.13 bits per heavy atom. The molecule has 20 heteroatoms. The number of hydrogen-bond donors (Lipinski definition) is 8. The van der Waals surface area contributed by atoms with E-state index in [1.807, 2.05) is 44.2 Å². The van der Waals surface area contributed by atoms with Crippen LogP contribution in [0.4, 0.5) is 0 Å². The number of aromatic nitrogens is 2. The Kier molecular flexibility index (Phi) is 14.7. The summed E-state index contributed by atoms with van der Waals surface area (Å²) in [5.74, 6) is -4.64. The summed E-state index contributed by atoms with van der Waals surface area (Å²) in [6.07, 6.45) is -1.84. The van der Waals surface area contributed by atoms with Gasteiger partial charge in [-0.3, -0.25) is 28.8 Å². The van der Waals surface area contributed by atoms with Gasteiger partial charge in [-0.15, -0.1) is 22.7 Å². The minimum Gasteiger partial charge on any atom is -0.391 e. The van der Waals surface area contributed by atoms with Gasteiger partial charge in [0.15, 0.2) is 0 Å². The number of aliphatic hydroxyl groups excluding tert-OH is 2. The lowest BCUT2D eigenvalue weighted by Crippen LogP contribution is -2.58. The van der Waals surface area contributed by atoms with Crippen LogP contribution < -0.4 is 31.9 Å². The fourth-order valence-corrected chi connectivity index (χ4v) is 9.86. The van der Waals surface area contributed by atoms with Crippen molar-refractivity contribution in [1.29, 1.82) is 0 Å². The van der Waals surface area contributed by atoms with Crippen LogP contribution in [0.3, 0.4) is 0 Å². The van der Waals surface area contributed by atoms with E-state index in [9.17, 15) is 39.0 Å². The summed E-state index contributed by atoms with van der Waals surface area (Å²) in [6, 6.07) is 2.34. The molecule has 0 saturated carbocycles. The molecule has 1 aromatic carbocycles. The topological polar surface area (TPSA) is 241 Å². The Balaban J connectivity index is 1.57. The maximum absolute atomic E-state index is 13.9. The van der Waals surface area contributed by atoms with Crippen molar-refractivity contribution in [2.24, 2.45) is 5.92 Å². The van der Waals surface area contributed by atoms with Crippen LogP contribution in [0.2, 0.25) is 0 Å². The number of amides is 6. The molecule has 0 radical (unpaired) electrons. The number of nitrogens with one attached hydrogen (secondary N) is 6. The van der Waals surface area contributed by atoms with Crippen molar-refractivity contribution in [1.82, 2.24) is 41.9 Å². The van der Waals surface area contributed by atoms with Crippen molar-refractivity contribution in [3.8, 4) is 0 Å². The lowest BCUT2D eigenvalue weighted by atomic mass is 9.98. The molecule has 0 fully saturated rings. The third kappa shape index (κ3) is 10.8. The van der Waals surface area contributed by atoms with Gasteiger partial charge in [-0.25, -0.2) is 9.97 Å². The second kappa shape index (κ2) is 19.2. The highest BCUT2D eigenvalue weighted by molar-refractivity contribution is 8.76. The van der Waals surface area contributed by atoms with Crippen LogP contribution in [-0.2, 0) is 25.6 Å². The molecular formula is C35H44N8O8S4. The zero-order chi connectivity index (χ0) is 39.8. The SMILES string of the molecule is CC[C@@H](C)[C@H]1NC(=O)[C@H]([C@@H](C)O)NC(=O)[C@@H]2CSSC[C@H](NC(=O)c3csc1n3)C(=O)N[C@@H]([C@@H](C)O)C(=O)N[C@H](Cc1ccccc1)c1nc(cs1)C(=O)N2. The summed E-state index contributed by atoms with van der Waals surface area (Å²) in [6.45, 7) is 6.50. The standard InChI is InChI=1S/C35H44N8O8S4/c1-5-16(2)25-35-40-22(13-53-35)29(47)38-23-14-54-55-15-24(31(49)43-27(18(4)45)33(51)41-25)37-28(46)21-12-52-34(39-21)20(11-19-9-7-6-8-10-19)36-32(50)26(17(3)44)42-30(23)48/h6-10,12-13,16-18,20,23-27,44-45H,5,11,14-15H2,1-4H3,(H,36,50)(H,37,46)(H,38,47)(H,41,51)(H,42,48)(H,43,49)/t16-,17-,18-,20-,23+,24+,25-,26+,27+/m1/s1. The van der Waals surface area contributed by atoms with E-state index in [-0.39, 0.29) is 35.2 Å². The lowest BCUT2D eigenvalue weighted by molar-refractivity contribution is -0.132. The number of aliphatic hydroxyl groups is 2. The van der Waals surface area contributed by atoms with Crippen molar-refractivity contribution in [3.63, 3.8) is 0 Å². The highest BCUT2D eigenvalue weighted by atomic mass is 33.1. The molecule has 4 heterocycles. The van der Waals surface area contributed by atoms with Gasteiger partial charge in [0.2, 0.25) is 23.6 Å². The van der Waals surface area contributed by atoms with Crippen LogP contribution in [0, 0.1) is 5.92 Å². The maximum Gasteiger partial charge on any atom is 0.271 e. The van der Waals surface area contributed by atoms with Crippen molar-refractivity contribution in [2.45, 2.75) is 89.0 Å². The van der Waals surface area contributed by atoms with Gasteiger partial charge in [0.1, 0.15) is 45.6 Å². The molecular weight excluding hydrogens is 789 g/mol. The number of carbonyl (C=O) groups is 6. The second-order valence-electron chi connectivity index (χ2n) is 13.3. The number of carbonyl (C=O) groups excluding carboxylic acids is 6. The summed E-state index contributed by atoms with van der Waals surface area (Å²) in [5, 5.41) is 41.5. The van der Waals surface area contributed by atoms with Crippen LogP contribution in [-0.4, -0.2) is 104 Å². The molecule has 0 unspecified atom stereocenters. The van der Waals surface area contributed by atoms with Crippen LogP contribution in [0.5, 0.6) is 0 Å². The van der Waals surface area contributed by atoms with E-state index >= 15 is 0 Å². The molecule has 5 rings (SSSR count). The predicted molar refractivity (Wildman–Crippen MR) is 210 cm³/mol. The van der Waals surface area contributed by atoms with Gasteiger partial charge in [-0.2, -0.15) is 0 Å². The Labute approximate surface area is 333 Å². The van der Waals surface area contributed by atoms with E-state index in [0.29, 0.717) is 16.4 Å². The highest BCUT2D eigenvalue weighted by Crippen LogP contribution is 2.29. The van der Waals surface area contributed by atoms with E-state index in [0.717, 1.165) is 49.8 Å². The molecule has 0 spiro atoms. The third-order valence-electron chi connectivity index (χ3n) is 9.10. The average Bonchev–Trinajstić information content (AvgIpc) is 3.85. The molecule has 2 aliphatic heterocycles. The first-order valence-corrected chi connectivity index (χ1v) is 21.9. The van der Waals surface area contributed by atoms with Crippen molar-refractivity contribution >= 4 is 79.7 Å². The lowest BCUT2D eigenvalue weighted by Gasteiger charge is -2.28. The second-order valence-corrected chi connectivity index (χ2v) is 17.7. The molecule has 16 nitrogen and oxygen atoms in total. The summed E-state index contributed by atoms with van der Waals surface area (Å²) in [4.78, 5) is 91.6. The minimum absolute atomic E-state index is 0.0138. The molecule has 8 N–H and O–H groups in total. The molecule has 9 atom stereocenters. The van der Waals surface area contributed by atoms with Gasteiger partial charge in [0, 0.05) is 22.3 Å². The number of benzene rings is 1. The zero-order valence-corrected chi connectivity index (χ0v) is 33.7. The smallest absolute Gasteiger partial charge is 0.271 e. The summed E-state index contributed by atoms with van der Waals surface area (Å²) >= 11 is 2.22. The van der Waals surface area contributed by atoms with Crippen LogP contribution in [0.1, 0.15) is 82.8 Å². The van der Waals surface area contributed by atoms with Crippen LogP contribution in [0.15, 0.2) is 41.1 Å². The molecule has 55 heavy (non-hydrogen) atoms. The summed E-state index contributed by atoms with van der Waals surface area (Å²) in [5.41, 5.74) is 0.786. The molecule has 296 valence electrons. The minimum atomic E-state index is -1.44. The first-order valence-electron chi connectivity index (χ1n) is 17.6. The molecule has 6 amide bonds. The van der Waals surface area contributed by atoms with Crippen LogP contribution in [0.25, 0.3) is 0 Å². The molecule has 2 aliphatic rings. The maximum atomic E-state index is 13.9. The Hall–Kier alpha value is -4.08. The molecule has 0 aliphatic carbocycles. The number of thiazole rings is 2. The first kappa shape index (κ1) is 42.1. The average molecular weight is 833 g/mol. The van der Waals surface area contributed by atoms with E-state index in [1.165, 1.54) is 24.6 Å². The predicted octanol–water partition coefficient (Wildman–Crippen LogP) is 1.24. The normalized spacial score (nSPS) is 26.4. The molecule has 6 bridgehead atoms. The largest absolute Gasteiger partial charge is 0.391 e.